The summed E-state index contributed by atoms with van der Waals surface area (Å²) in [6.45, 7) is 5.03. The Labute approximate surface area is 120 Å². The zero-order valence-corrected chi connectivity index (χ0v) is 12.2. The zero-order chi connectivity index (χ0) is 13.8. The van der Waals surface area contributed by atoms with Crippen molar-refractivity contribution in [3.05, 3.63) is 12.4 Å². The van der Waals surface area contributed by atoms with Crippen molar-refractivity contribution in [1.29, 1.82) is 0 Å². The lowest BCUT2D eigenvalue weighted by atomic mass is 10.0. The van der Waals surface area contributed by atoms with Crippen LogP contribution < -0.4 is 15.0 Å². The molecule has 2 atom stereocenters. The normalized spacial score (nSPS) is 26.1. The Balaban J connectivity index is 1.73. The van der Waals surface area contributed by atoms with Crippen molar-refractivity contribution in [2.75, 3.05) is 24.6 Å². The standard InChI is InChI=1S/C15H24N4O/c1-2-9-20-15-11-16-10-14(18-15)19-8-4-6-13(19)12-5-3-7-17-12/h10-13,17H,2-9H2,1H3. The number of anilines is 1. The van der Waals surface area contributed by atoms with Crippen molar-refractivity contribution < 1.29 is 4.74 Å². The maximum Gasteiger partial charge on any atom is 0.234 e. The summed E-state index contributed by atoms with van der Waals surface area (Å²) in [4.78, 5) is 11.3. The second-order valence-electron chi connectivity index (χ2n) is 5.67. The number of hydrogen-bond donors (Lipinski definition) is 1. The molecule has 0 saturated carbocycles. The molecule has 2 unspecified atom stereocenters. The molecule has 0 aliphatic carbocycles. The molecule has 110 valence electrons. The van der Waals surface area contributed by atoms with Crippen LogP contribution in [0.2, 0.25) is 0 Å². The molecular formula is C15H24N4O. The van der Waals surface area contributed by atoms with Gasteiger partial charge in [-0.1, -0.05) is 6.92 Å². The molecule has 1 aromatic rings. The molecule has 2 aliphatic rings. The first-order chi connectivity index (χ1) is 9.88. The molecule has 0 amide bonds. The number of aromatic nitrogens is 2. The van der Waals surface area contributed by atoms with E-state index in [2.05, 4.69) is 27.1 Å². The summed E-state index contributed by atoms with van der Waals surface area (Å²) < 4.78 is 5.60. The molecule has 0 spiro atoms. The van der Waals surface area contributed by atoms with E-state index in [1.54, 1.807) is 6.20 Å². The number of ether oxygens (including phenoxy) is 1. The van der Waals surface area contributed by atoms with E-state index in [-0.39, 0.29) is 0 Å². The van der Waals surface area contributed by atoms with E-state index < -0.39 is 0 Å². The first-order valence-corrected chi connectivity index (χ1v) is 7.83. The first kappa shape index (κ1) is 13.6. The SMILES string of the molecule is CCCOc1cncc(N2CCCC2C2CCCN2)n1. The van der Waals surface area contributed by atoms with Gasteiger partial charge >= 0.3 is 0 Å². The molecule has 2 saturated heterocycles. The van der Waals surface area contributed by atoms with Gasteiger partial charge in [0.25, 0.3) is 0 Å². The average Bonchev–Trinajstić information content (AvgIpc) is 3.15. The second kappa shape index (κ2) is 6.39. The highest BCUT2D eigenvalue weighted by molar-refractivity contribution is 5.41. The monoisotopic (exact) mass is 276 g/mol. The Kier molecular flexibility index (Phi) is 4.35. The fourth-order valence-electron chi connectivity index (χ4n) is 3.29. The quantitative estimate of drug-likeness (QED) is 0.891. The van der Waals surface area contributed by atoms with Crippen molar-refractivity contribution in [2.45, 2.75) is 51.1 Å². The highest BCUT2D eigenvalue weighted by atomic mass is 16.5. The van der Waals surface area contributed by atoms with E-state index in [1.165, 1.54) is 25.7 Å². The molecule has 0 aromatic carbocycles. The summed E-state index contributed by atoms with van der Waals surface area (Å²) in [7, 11) is 0. The first-order valence-electron chi connectivity index (χ1n) is 7.83. The van der Waals surface area contributed by atoms with E-state index in [4.69, 9.17) is 4.74 Å². The van der Waals surface area contributed by atoms with Crippen molar-refractivity contribution in [1.82, 2.24) is 15.3 Å². The molecular weight excluding hydrogens is 252 g/mol. The van der Waals surface area contributed by atoms with Crippen LogP contribution in [0, 0.1) is 0 Å². The van der Waals surface area contributed by atoms with Crippen LogP contribution in [0.3, 0.4) is 0 Å². The fraction of sp³-hybridized carbons (Fsp3) is 0.733. The maximum atomic E-state index is 5.60. The van der Waals surface area contributed by atoms with Gasteiger partial charge in [-0.25, -0.2) is 0 Å². The number of nitrogens with zero attached hydrogens (tertiary/aromatic N) is 3. The third-order valence-electron chi connectivity index (χ3n) is 4.21. The molecule has 3 heterocycles. The van der Waals surface area contributed by atoms with E-state index in [9.17, 15) is 0 Å². The van der Waals surface area contributed by atoms with Crippen LogP contribution in [-0.2, 0) is 0 Å². The van der Waals surface area contributed by atoms with Gasteiger partial charge < -0.3 is 15.0 Å². The minimum absolute atomic E-state index is 0.563. The van der Waals surface area contributed by atoms with Gasteiger partial charge in [-0.3, -0.25) is 4.98 Å². The molecule has 5 nitrogen and oxygen atoms in total. The molecule has 2 aliphatic heterocycles. The molecule has 1 N–H and O–H groups in total. The summed E-state index contributed by atoms with van der Waals surface area (Å²) in [5.74, 6) is 1.61. The van der Waals surface area contributed by atoms with E-state index in [0.717, 1.165) is 25.3 Å². The van der Waals surface area contributed by atoms with Crippen molar-refractivity contribution in [3.8, 4) is 5.88 Å². The summed E-state index contributed by atoms with van der Waals surface area (Å²) in [5.41, 5.74) is 0. The summed E-state index contributed by atoms with van der Waals surface area (Å²) in [6.07, 6.45) is 9.62. The second-order valence-corrected chi connectivity index (χ2v) is 5.67. The van der Waals surface area contributed by atoms with Crippen LogP contribution in [0.25, 0.3) is 0 Å². The topological polar surface area (TPSA) is 50.3 Å². The van der Waals surface area contributed by atoms with Crippen molar-refractivity contribution in [2.24, 2.45) is 0 Å². The lowest BCUT2D eigenvalue weighted by Gasteiger charge is -2.30. The summed E-state index contributed by atoms with van der Waals surface area (Å²) in [5, 5.41) is 3.63. The number of nitrogens with one attached hydrogen (secondary N) is 1. The lowest BCUT2D eigenvalue weighted by molar-refractivity contribution is 0.303. The van der Waals surface area contributed by atoms with E-state index in [1.807, 2.05) is 6.20 Å². The van der Waals surface area contributed by atoms with Gasteiger partial charge in [-0.05, 0) is 38.6 Å². The van der Waals surface area contributed by atoms with Gasteiger partial charge in [0, 0.05) is 18.6 Å². The number of rotatable bonds is 5. The van der Waals surface area contributed by atoms with Crippen LogP contribution in [0.5, 0.6) is 5.88 Å². The third-order valence-corrected chi connectivity index (χ3v) is 4.21. The molecule has 20 heavy (non-hydrogen) atoms. The van der Waals surface area contributed by atoms with Crippen LogP contribution in [-0.4, -0.2) is 41.7 Å². The Morgan fingerprint density at radius 3 is 3.10 bits per heavy atom. The fourth-order valence-corrected chi connectivity index (χ4v) is 3.29. The highest BCUT2D eigenvalue weighted by Gasteiger charge is 2.34. The molecule has 1 aromatic heterocycles. The lowest BCUT2D eigenvalue weighted by Crippen LogP contribution is -2.44. The Morgan fingerprint density at radius 1 is 1.35 bits per heavy atom. The van der Waals surface area contributed by atoms with Crippen molar-refractivity contribution in [3.63, 3.8) is 0 Å². The van der Waals surface area contributed by atoms with Crippen LogP contribution in [0.15, 0.2) is 12.4 Å². The Hall–Kier alpha value is -1.36. The molecule has 2 fully saturated rings. The van der Waals surface area contributed by atoms with Gasteiger partial charge in [0.15, 0.2) is 5.82 Å². The molecule has 0 bridgehead atoms. The summed E-state index contributed by atoms with van der Waals surface area (Å²) in [6, 6.07) is 1.17. The van der Waals surface area contributed by atoms with E-state index in [0.29, 0.717) is 24.6 Å². The predicted octanol–water partition coefficient (Wildman–Crippen LogP) is 1.99. The Morgan fingerprint density at radius 2 is 2.30 bits per heavy atom. The number of hydrogen-bond acceptors (Lipinski definition) is 5. The Bertz CT molecular complexity index is 434. The van der Waals surface area contributed by atoms with Gasteiger partial charge in [-0.2, -0.15) is 4.98 Å². The van der Waals surface area contributed by atoms with Gasteiger partial charge in [0.05, 0.1) is 19.0 Å². The minimum Gasteiger partial charge on any atom is -0.477 e. The zero-order valence-electron chi connectivity index (χ0n) is 12.2. The van der Waals surface area contributed by atoms with Gasteiger partial charge in [0.1, 0.15) is 0 Å². The third kappa shape index (κ3) is 2.87. The minimum atomic E-state index is 0.563. The molecule has 5 heteroatoms. The molecule has 0 radical (unpaired) electrons. The highest BCUT2D eigenvalue weighted by Crippen LogP contribution is 2.29. The van der Waals surface area contributed by atoms with Crippen LogP contribution >= 0.6 is 0 Å². The van der Waals surface area contributed by atoms with Crippen molar-refractivity contribution >= 4 is 5.82 Å². The summed E-state index contributed by atoms with van der Waals surface area (Å²) >= 11 is 0. The van der Waals surface area contributed by atoms with E-state index >= 15 is 0 Å². The van der Waals surface area contributed by atoms with Gasteiger partial charge in [-0.15, -0.1) is 0 Å². The molecule has 3 rings (SSSR count). The smallest absolute Gasteiger partial charge is 0.234 e. The van der Waals surface area contributed by atoms with Gasteiger partial charge in [0.2, 0.25) is 5.88 Å². The maximum absolute atomic E-state index is 5.60. The largest absolute Gasteiger partial charge is 0.477 e. The average molecular weight is 276 g/mol. The van der Waals surface area contributed by atoms with Crippen LogP contribution in [0.1, 0.15) is 39.0 Å². The predicted molar refractivity (Wildman–Crippen MR) is 79.2 cm³/mol. The van der Waals surface area contributed by atoms with Crippen LogP contribution in [0.4, 0.5) is 5.82 Å².